The van der Waals surface area contributed by atoms with E-state index in [1.54, 1.807) is 23.2 Å². The number of rotatable bonds is 9. The molecule has 1 aromatic rings. The van der Waals surface area contributed by atoms with Crippen LogP contribution in [0.15, 0.2) is 24.4 Å². The number of hydrogen-bond acceptors (Lipinski definition) is 9. The van der Waals surface area contributed by atoms with E-state index in [4.69, 9.17) is 29.9 Å². The summed E-state index contributed by atoms with van der Waals surface area (Å²) in [4.78, 5) is 40.4. The third-order valence-electron chi connectivity index (χ3n) is 5.75. The fourth-order valence-corrected chi connectivity index (χ4v) is 3.78. The summed E-state index contributed by atoms with van der Waals surface area (Å²) in [5, 5.41) is 32.5. The van der Waals surface area contributed by atoms with E-state index in [0.717, 1.165) is 38.0 Å². The van der Waals surface area contributed by atoms with Crippen molar-refractivity contribution in [2.75, 3.05) is 45.9 Å². The number of amides is 1. The number of likely N-dealkylation sites (tertiary alicyclic amines) is 1. The average Bonchev–Trinajstić information content (AvgIpc) is 2.88. The predicted molar refractivity (Wildman–Crippen MR) is 133 cm³/mol. The van der Waals surface area contributed by atoms with Gasteiger partial charge in [-0.1, -0.05) is 13.8 Å². The van der Waals surface area contributed by atoms with Crippen molar-refractivity contribution in [1.82, 2.24) is 14.8 Å². The molecular weight excluding hydrogens is 486 g/mol. The van der Waals surface area contributed by atoms with Gasteiger partial charge in [0.2, 0.25) is 11.8 Å². The van der Waals surface area contributed by atoms with Crippen LogP contribution in [0.5, 0.6) is 5.88 Å². The van der Waals surface area contributed by atoms with Crippen LogP contribution in [0.2, 0.25) is 0 Å². The quantitative estimate of drug-likeness (QED) is 0.329. The molecule has 0 saturated carbocycles. The van der Waals surface area contributed by atoms with E-state index in [1.165, 1.54) is 0 Å². The fraction of sp³-hybridized carbons (Fsp3) is 0.600. The lowest BCUT2D eigenvalue weighted by molar-refractivity contribution is -0.165. The van der Waals surface area contributed by atoms with Crippen LogP contribution in [-0.4, -0.2) is 117 Å². The van der Waals surface area contributed by atoms with E-state index in [1.807, 2.05) is 12.1 Å². The highest BCUT2D eigenvalue weighted by molar-refractivity contribution is 5.91. The number of nitrogens with zero attached hydrogens (tertiary/aromatic N) is 3. The predicted octanol–water partition coefficient (Wildman–Crippen LogP) is 0.330. The molecule has 0 bridgehead atoms. The summed E-state index contributed by atoms with van der Waals surface area (Å²) in [5.41, 5.74) is 0.899. The van der Waals surface area contributed by atoms with E-state index < -0.39 is 24.1 Å². The normalized spacial score (nSPS) is 18.7. The van der Waals surface area contributed by atoms with Crippen LogP contribution in [0.3, 0.4) is 0 Å². The first-order chi connectivity index (χ1) is 17.6. The molecule has 1 aromatic heterocycles. The first kappa shape index (κ1) is 30.2. The van der Waals surface area contributed by atoms with Gasteiger partial charge in [0, 0.05) is 51.1 Å². The van der Waals surface area contributed by atoms with E-state index >= 15 is 0 Å². The van der Waals surface area contributed by atoms with Gasteiger partial charge in [0.15, 0.2) is 12.2 Å². The van der Waals surface area contributed by atoms with Gasteiger partial charge in [-0.05, 0) is 36.5 Å². The second-order valence-electron chi connectivity index (χ2n) is 9.28. The third kappa shape index (κ3) is 10.8. The molecule has 0 aromatic carbocycles. The van der Waals surface area contributed by atoms with Crippen LogP contribution in [0.25, 0.3) is 6.08 Å². The minimum absolute atomic E-state index is 0.0202. The molecular formula is C25H37N3O9. The van der Waals surface area contributed by atoms with Crippen LogP contribution in [0, 0.1) is 5.92 Å². The fourth-order valence-electron chi connectivity index (χ4n) is 3.78. The Bertz CT molecular complexity index is 875. The average molecular weight is 524 g/mol. The number of carbonyl (C=O) groups is 3. The number of aliphatic hydroxyl groups excluding tert-OH is 2. The molecule has 12 nitrogen and oxygen atoms in total. The van der Waals surface area contributed by atoms with Crippen LogP contribution >= 0.6 is 0 Å². The molecule has 2 atom stereocenters. The molecule has 2 aliphatic rings. The molecule has 0 radical (unpaired) electrons. The SMILES string of the molecule is CC(C)CN1CCC(Oc2ccc(C=CC(=O)N3CCOCC3)cn2)CC1.O=C(O)[C@H](O)[C@@H](O)C(=O)O. The summed E-state index contributed by atoms with van der Waals surface area (Å²) < 4.78 is 11.3. The topological polar surface area (TPSA) is 170 Å². The second-order valence-corrected chi connectivity index (χ2v) is 9.28. The van der Waals surface area contributed by atoms with Crippen molar-refractivity contribution in [3.8, 4) is 5.88 Å². The number of pyridine rings is 1. The smallest absolute Gasteiger partial charge is 0.335 e. The highest BCUT2D eigenvalue weighted by Gasteiger charge is 2.29. The molecule has 0 spiro atoms. The molecule has 37 heavy (non-hydrogen) atoms. The highest BCUT2D eigenvalue weighted by atomic mass is 16.5. The van der Waals surface area contributed by atoms with Crippen LogP contribution in [0.4, 0.5) is 0 Å². The Morgan fingerprint density at radius 2 is 1.65 bits per heavy atom. The maximum Gasteiger partial charge on any atom is 0.335 e. The molecule has 3 rings (SSSR count). The molecule has 4 N–H and O–H groups in total. The highest BCUT2D eigenvalue weighted by Crippen LogP contribution is 2.18. The number of carbonyl (C=O) groups excluding carboxylic acids is 1. The summed E-state index contributed by atoms with van der Waals surface area (Å²) in [6, 6.07) is 3.83. The largest absolute Gasteiger partial charge is 0.479 e. The zero-order chi connectivity index (χ0) is 27.4. The maximum absolute atomic E-state index is 12.1. The lowest BCUT2D eigenvalue weighted by Crippen LogP contribution is -2.40. The number of morpholine rings is 1. The van der Waals surface area contributed by atoms with E-state index in [9.17, 15) is 14.4 Å². The van der Waals surface area contributed by atoms with Gasteiger partial charge in [-0.25, -0.2) is 14.6 Å². The van der Waals surface area contributed by atoms with E-state index in [0.29, 0.717) is 38.1 Å². The lowest BCUT2D eigenvalue weighted by atomic mass is 10.1. The summed E-state index contributed by atoms with van der Waals surface area (Å²) in [6.07, 6.45) is 2.97. The van der Waals surface area contributed by atoms with Crippen molar-refractivity contribution in [2.24, 2.45) is 5.92 Å². The minimum Gasteiger partial charge on any atom is -0.479 e. The Hall–Kier alpha value is -3.06. The number of piperidine rings is 1. The van der Waals surface area contributed by atoms with Gasteiger partial charge in [-0.15, -0.1) is 0 Å². The molecule has 1 amide bonds. The number of ether oxygens (including phenoxy) is 2. The van der Waals surface area contributed by atoms with Crippen molar-refractivity contribution in [3.63, 3.8) is 0 Å². The summed E-state index contributed by atoms with van der Waals surface area (Å²) >= 11 is 0. The van der Waals surface area contributed by atoms with E-state index in [2.05, 4.69) is 23.7 Å². The van der Waals surface area contributed by atoms with Crippen molar-refractivity contribution >= 4 is 23.9 Å². The van der Waals surface area contributed by atoms with Crippen molar-refractivity contribution < 1.29 is 44.3 Å². The van der Waals surface area contributed by atoms with Gasteiger partial charge in [0.25, 0.3) is 0 Å². The van der Waals surface area contributed by atoms with Gasteiger partial charge in [0.1, 0.15) is 6.10 Å². The number of hydrogen-bond donors (Lipinski definition) is 4. The standard InChI is InChI=1S/C21H31N3O3.C4H6O6/c1-17(2)16-23-9-7-19(8-10-23)27-20-5-3-18(15-22-20)4-6-21(25)24-11-13-26-14-12-24;5-1(3(7)8)2(6)4(9)10/h3-6,15,17,19H,7-14,16H2,1-2H3;1-2,5-6H,(H,7,8)(H,9,10)/t;1-,2-/m.1/s1. The number of aliphatic hydroxyl groups is 2. The summed E-state index contributed by atoms with van der Waals surface area (Å²) in [5.74, 6) is -2.15. The Labute approximate surface area is 216 Å². The van der Waals surface area contributed by atoms with Crippen molar-refractivity contribution in [2.45, 2.75) is 45.0 Å². The Morgan fingerprint density at radius 1 is 1.05 bits per heavy atom. The molecule has 2 aliphatic heterocycles. The van der Waals surface area contributed by atoms with Crippen molar-refractivity contribution in [1.29, 1.82) is 0 Å². The van der Waals surface area contributed by atoms with E-state index in [-0.39, 0.29) is 12.0 Å². The van der Waals surface area contributed by atoms with Crippen LogP contribution in [-0.2, 0) is 19.1 Å². The number of aromatic nitrogens is 1. The van der Waals surface area contributed by atoms with Crippen LogP contribution < -0.4 is 4.74 Å². The molecule has 12 heteroatoms. The Morgan fingerprint density at radius 3 is 2.14 bits per heavy atom. The van der Waals surface area contributed by atoms with Crippen molar-refractivity contribution in [3.05, 3.63) is 30.0 Å². The summed E-state index contributed by atoms with van der Waals surface area (Å²) in [7, 11) is 0. The van der Waals surface area contributed by atoms with Gasteiger partial charge in [0.05, 0.1) is 13.2 Å². The molecule has 2 fully saturated rings. The molecule has 3 heterocycles. The minimum atomic E-state index is -2.27. The zero-order valence-corrected chi connectivity index (χ0v) is 21.2. The third-order valence-corrected chi connectivity index (χ3v) is 5.75. The first-order valence-corrected chi connectivity index (χ1v) is 12.3. The maximum atomic E-state index is 12.1. The molecule has 0 aliphatic carbocycles. The monoisotopic (exact) mass is 523 g/mol. The molecule has 2 saturated heterocycles. The lowest BCUT2D eigenvalue weighted by Gasteiger charge is -2.32. The number of aliphatic carboxylic acids is 2. The zero-order valence-electron chi connectivity index (χ0n) is 21.2. The Kier molecular flexibility index (Phi) is 12.4. The Balaban J connectivity index is 0.000000410. The number of carboxylic acid groups (broad SMARTS) is 2. The van der Waals surface area contributed by atoms with Gasteiger partial charge in [-0.2, -0.15) is 0 Å². The van der Waals surface area contributed by atoms with Gasteiger partial charge >= 0.3 is 11.9 Å². The first-order valence-electron chi connectivity index (χ1n) is 12.3. The van der Waals surface area contributed by atoms with Crippen LogP contribution in [0.1, 0.15) is 32.3 Å². The second kappa shape index (κ2) is 15.3. The molecule has 0 unspecified atom stereocenters. The summed E-state index contributed by atoms with van der Waals surface area (Å²) in [6.45, 7) is 10.4. The van der Waals surface area contributed by atoms with Gasteiger partial charge in [-0.3, -0.25) is 4.79 Å². The van der Waals surface area contributed by atoms with Gasteiger partial charge < -0.3 is 39.7 Å². The molecule has 206 valence electrons. The number of carboxylic acids is 2.